The van der Waals surface area contributed by atoms with Crippen molar-refractivity contribution in [3.63, 3.8) is 0 Å². The first kappa shape index (κ1) is 13.9. The number of halogens is 1. The average molecular weight is 251 g/mol. The second-order valence-electron chi connectivity index (χ2n) is 4.43. The van der Waals surface area contributed by atoms with Crippen LogP contribution < -0.4 is 11.0 Å². The lowest BCUT2D eigenvalue weighted by atomic mass is 9.84. The summed E-state index contributed by atoms with van der Waals surface area (Å²) < 4.78 is 0. The van der Waals surface area contributed by atoms with Gasteiger partial charge in [-0.3, -0.25) is 0 Å². The zero-order chi connectivity index (χ0) is 13.1. The highest BCUT2D eigenvalue weighted by Crippen LogP contribution is 2.19. The normalized spacial score (nSPS) is 10.6. The number of benzene rings is 1. The highest BCUT2D eigenvalue weighted by molar-refractivity contribution is 6.45. The largest absolute Gasteiger partial charge is 0.437 e. The summed E-state index contributed by atoms with van der Waals surface area (Å²) in [6.45, 7) is 5.45. The van der Waals surface area contributed by atoms with Crippen LogP contribution in [0.1, 0.15) is 19.4 Å². The van der Waals surface area contributed by atoms with Gasteiger partial charge in [0, 0.05) is 5.56 Å². The van der Waals surface area contributed by atoms with E-state index in [2.05, 4.69) is 17.1 Å². The van der Waals surface area contributed by atoms with Crippen LogP contribution in [0.3, 0.4) is 0 Å². The molecule has 90 valence electrons. The summed E-state index contributed by atoms with van der Waals surface area (Å²) in [4.78, 5) is 0. The van der Waals surface area contributed by atoms with Crippen LogP contribution in [0.25, 0.3) is 0 Å². The van der Waals surface area contributed by atoms with Crippen LogP contribution in [0.15, 0.2) is 18.2 Å². The number of nitrogens with two attached hydrogens (primary N) is 1. The second kappa shape index (κ2) is 5.46. The second-order valence-corrected chi connectivity index (χ2v) is 4.84. The summed E-state index contributed by atoms with van der Waals surface area (Å²) in [6, 6.07) is 5.26. The minimum atomic E-state index is -0.602. The Morgan fingerprint density at radius 1 is 1.47 bits per heavy atom. The van der Waals surface area contributed by atoms with E-state index < -0.39 is 12.6 Å². The highest BCUT2D eigenvalue weighted by Gasteiger charge is 2.17. The lowest BCUT2D eigenvalue weighted by Gasteiger charge is -2.20. The minimum absolute atomic E-state index is 0.470. The maximum absolute atomic E-state index is 9.25. The van der Waals surface area contributed by atoms with E-state index in [0.29, 0.717) is 10.7 Å². The summed E-state index contributed by atoms with van der Waals surface area (Å²) in [7, 11) is -0.602. The Kier molecular flexibility index (Phi) is 4.47. The van der Waals surface area contributed by atoms with E-state index in [0.717, 1.165) is 5.56 Å². The van der Waals surface area contributed by atoms with E-state index in [1.807, 2.05) is 19.9 Å². The van der Waals surface area contributed by atoms with Gasteiger partial charge in [0.05, 0.1) is 16.2 Å². The summed E-state index contributed by atoms with van der Waals surface area (Å²) in [6.07, 6.45) is 0. The predicted molar refractivity (Wildman–Crippen MR) is 73.8 cm³/mol. The fourth-order valence-electron chi connectivity index (χ4n) is 1.39. The van der Waals surface area contributed by atoms with E-state index in [4.69, 9.17) is 17.3 Å². The van der Waals surface area contributed by atoms with E-state index in [9.17, 15) is 5.02 Å². The van der Waals surface area contributed by atoms with Crippen LogP contribution in [0.2, 0.25) is 11.8 Å². The predicted octanol–water partition coefficient (Wildman–Crippen LogP) is 1.75. The molecule has 0 saturated heterocycles. The van der Waals surface area contributed by atoms with Crippen LogP contribution in [-0.4, -0.2) is 17.6 Å². The Bertz CT molecular complexity index is 463. The Morgan fingerprint density at radius 3 is 2.65 bits per heavy atom. The molecule has 1 aromatic rings. The Hall–Kier alpha value is -1.15. The molecule has 0 aliphatic carbocycles. The SMILES string of the molecule is CB(O)NC(C)(C)C#Cc1ccc(N)c(Cl)c1. The molecule has 0 aliphatic rings. The van der Waals surface area contributed by atoms with Gasteiger partial charge in [-0.1, -0.05) is 23.4 Å². The van der Waals surface area contributed by atoms with E-state index in [1.165, 1.54) is 0 Å². The third-order valence-corrected chi connectivity index (χ3v) is 2.42. The van der Waals surface area contributed by atoms with Crippen molar-refractivity contribution in [3.8, 4) is 11.8 Å². The topological polar surface area (TPSA) is 58.3 Å². The number of rotatable bonds is 2. The molecular weight excluding hydrogens is 234 g/mol. The van der Waals surface area contributed by atoms with Gasteiger partial charge in [0.15, 0.2) is 0 Å². The molecule has 0 bridgehead atoms. The van der Waals surface area contributed by atoms with Crippen molar-refractivity contribution >= 4 is 24.3 Å². The fourth-order valence-corrected chi connectivity index (χ4v) is 1.57. The molecule has 0 heterocycles. The summed E-state index contributed by atoms with van der Waals surface area (Å²) in [5.74, 6) is 6.03. The summed E-state index contributed by atoms with van der Waals surface area (Å²) >= 11 is 5.90. The molecule has 0 amide bonds. The zero-order valence-corrected chi connectivity index (χ0v) is 11.0. The molecule has 0 unspecified atom stereocenters. The van der Waals surface area contributed by atoms with Crippen molar-refractivity contribution < 1.29 is 5.02 Å². The van der Waals surface area contributed by atoms with Gasteiger partial charge in [-0.25, -0.2) is 0 Å². The molecule has 0 radical (unpaired) electrons. The fraction of sp³-hybridized carbons (Fsp3) is 0.333. The molecule has 0 atom stereocenters. The summed E-state index contributed by atoms with van der Waals surface area (Å²) in [5.41, 5.74) is 6.48. The smallest absolute Gasteiger partial charge is 0.374 e. The lowest BCUT2D eigenvalue weighted by Crippen LogP contribution is -2.46. The van der Waals surface area contributed by atoms with Crippen molar-refractivity contribution in [1.82, 2.24) is 5.23 Å². The molecule has 0 fully saturated rings. The van der Waals surface area contributed by atoms with Gasteiger partial charge >= 0.3 is 7.05 Å². The van der Waals surface area contributed by atoms with Crippen LogP contribution in [-0.2, 0) is 0 Å². The van der Waals surface area contributed by atoms with Crippen molar-refractivity contribution in [2.45, 2.75) is 26.2 Å². The maximum atomic E-state index is 9.25. The van der Waals surface area contributed by atoms with Gasteiger partial charge in [-0.05, 0) is 38.9 Å². The first-order chi connectivity index (χ1) is 7.80. The monoisotopic (exact) mass is 250 g/mol. The van der Waals surface area contributed by atoms with Gasteiger partial charge in [-0.15, -0.1) is 0 Å². The first-order valence-corrected chi connectivity index (χ1v) is 5.72. The molecule has 0 spiro atoms. The molecule has 0 aliphatic heterocycles. The number of hydrogen-bond donors (Lipinski definition) is 3. The first-order valence-electron chi connectivity index (χ1n) is 5.34. The van der Waals surface area contributed by atoms with E-state index in [1.54, 1.807) is 19.0 Å². The van der Waals surface area contributed by atoms with E-state index >= 15 is 0 Å². The highest BCUT2D eigenvalue weighted by atomic mass is 35.5. The lowest BCUT2D eigenvalue weighted by molar-refractivity contribution is 0.503. The van der Waals surface area contributed by atoms with E-state index in [-0.39, 0.29) is 0 Å². The third-order valence-electron chi connectivity index (χ3n) is 2.09. The molecular formula is C12H16BClN2O. The van der Waals surface area contributed by atoms with Crippen molar-refractivity contribution in [3.05, 3.63) is 28.8 Å². The van der Waals surface area contributed by atoms with Gasteiger partial charge in [0.2, 0.25) is 0 Å². The van der Waals surface area contributed by atoms with Gasteiger partial charge in [0.1, 0.15) is 0 Å². The Labute approximate surface area is 107 Å². The van der Waals surface area contributed by atoms with Gasteiger partial charge < -0.3 is 16.0 Å². The molecule has 0 saturated carbocycles. The van der Waals surface area contributed by atoms with Crippen LogP contribution in [0.4, 0.5) is 5.69 Å². The minimum Gasteiger partial charge on any atom is -0.437 e. The molecule has 4 N–H and O–H groups in total. The molecule has 1 rings (SSSR count). The van der Waals surface area contributed by atoms with Crippen molar-refractivity contribution in [2.24, 2.45) is 0 Å². The number of hydrogen-bond acceptors (Lipinski definition) is 3. The zero-order valence-electron chi connectivity index (χ0n) is 10.2. The number of anilines is 1. The van der Waals surface area contributed by atoms with Gasteiger partial charge in [-0.2, -0.15) is 0 Å². The van der Waals surface area contributed by atoms with Crippen molar-refractivity contribution in [1.29, 1.82) is 0 Å². The third kappa shape index (κ3) is 4.70. The van der Waals surface area contributed by atoms with Gasteiger partial charge in [0.25, 0.3) is 0 Å². The molecule has 0 aromatic heterocycles. The molecule has 17 heavy (non-hydrogen) atoms. The van der Waals surface area contributed by atoms with Crippen LogP contribution in [0, 0.1) is 11.8 Å². The van der Waals surface area contributed by atoms with Crippen LogP contribution >= 0.6 is 11.6 Å². The molecule has 1 aromatic carbocycles. The quantitative estimate of drug-likeness (QED) is 0.426. The number of nitrogens with one attached hydrogen (secondary N) is 1. The summed E-state index contributed by atoms with van der Waals surface area (Å²) in [5, 5.41) is 12.7. The Balaban J connectivity index is 2.87. The molecule has 5 heteroatoms. The standard InChI is InChI=1S/C12H16BClN2O/c1-12(2,16-13(3)17)7-6-9-4-5-11(15)10(14)8-9/h4-5,8,16-17H,15H2,1-3H3. The Morgan fingerprint density at radius 2 is 2.12 bits per heavy atom. The van der Waals surface area contributed by atoms with Crippen molar-refractivity contribution in [2.75, 3.05) is 5.73 Å². The number of nitrogen functional groups attached to an aromatic ring is 1. The van der Waals surface area contributed by atoms with Crippen LogP contribution in [0.5, 0.6) is 0 Å². The average Bonchev–Trinajstić information content (AvgIpc) is 2.18. The molecule has 3 nitrogen and oxygen atoms in total. The maximum Gasteiger partial charge on any atom is 0.374 e.